The molecule has 8 heteroatoms. The second kappa shape index (κ2) is 5.12. The number of aromatic nitrogens is 3. The summed E-state index contributed by atoms with van der Waals surface area (Å²) < 4.78 is 2.26. The molecular formula is C12H13N3O4S. The highest BCUT2D eigenvalue weighted by atomic mass is 32.2. The van der Waals surface area contributed by atoms with Crippen molar-refractivity contribution >= 4 is 28.8 Å². The molecule has 0 fully saturated rings. The van der Waals surface area contributed by atoms with Gasteiger partial charge in [0.05, 0.1) is 5.39 Å². The number of rotatable bonds is 3. The van der Waals surface area contributed by atoms with Crippen LogP contribution in [0.3, 0.4) is 0 Å². The molecule has 20 heavy (non-hydrogen) atoms. The van der Waals surface area contributed by atoms with Crippen molar-refractivity contribution in [3.63, 3.8) is 0 Å². The quantitative estimate of drug-likeness (QED) is 0.813. The van der Waals surface area contributed by atoms with Gasteiger partial charge in [0.25, 0.3) is 5.56 Å². The Balaban J connectivity index is 2.79. The van der Waals surface area contributed by atoms with Gasteiger partial charge < -0.3 is 5.11 Å². The summed E-state index contributed by atoms with van der Waals surface area (Å²) >= 11 is 1.05. The van der Waals surface area contributed by atoms with E-state index in [1.165, 1.54) is 31.8 Å². The summed E-state index contributed by atoms with van der Waals surface area (Å²) in [6, 6.07) is 1.58. The molecule has 0 bridgehead atoms. The first-order chi connectivity index (χ1) is 9.34. The van der Waals surface area contributed by atoms with E-state index >= 15 is 0 Å². The molecule has 0 unspecified atom stereocenters. The maximum absolute atomic E-state index is 12.2. The van der Waals surface area contributed by atoms with Gasteiger partial charge in [0, 0.05) is 25.2 Å². The Morgan fingerprint density at radius 3 is 2.60 bits per heavy atom. The monoisotopic (exact) mass is 295 g/mol. The molecule has 106 valence electrons. The van der Waals surface area contributed by atoms with Gasteiger partial charge in [-0.2, -0.15) is 0 Å². The van der Waals surface area contributed by atoms with Crippen LogP contribution in [0.4, 0.5) is 0 Å². The van der Waals surface area contributed by atoms with Crippen LogP contribution in [0.5, 0.6) is 0 Å². The predicted octanol–water partition coefficient (Wildman–Crippen LogP) is 0.197. The Hall–Kier alpha value is -2.09. The molecule has 0 radical (unpaired) electrons. The van der Waals surface area contributed by atoms with Crippen molar-refractivity contribution in [2.24, 2.45) is 14.1 Å². The van der Waals surface area contributed by atoms with Crippen LogP contribution in [0.2, 0.25) is 0 Å². The van der Waals surface area contributed by atoms with E-state index in [9.17, 15) is 14.4 Å². The van der Waals surface area contributed by atoms with E-state index in [-0.39, 0.29) is 11.0 Å². The lowest BCUT2D eigenvalue weighted by Gasteiger charge is -2.11. The van der Waals surface area contributed by atoms with Gasteiger partial charge in [0.2, 0.25) is 0 Å². The van der Waals surface area contributed by atoms with Crippen molar-refractivity contribution in [2.75, 3.05) is 0 Å². The van der Waals surface area contributed by atoms with Gasteiger partial charge in [-0.15, -0.1) is 11.8 Å². The van der Waals surface area contributed by atoms with Crippen LogP contribution in [0.15, 0.2) is 26.7 Å². The molecule has 0 aliphatic carbocycles. The maximum Gasteiger partial charge on any atom is 0.332 e. The number of nitrogens with zero attached hydrogens (tertiary/aromatic N) is 3. The van der Waals surface area contributed by atoms with Crippen LogP contribution in [0, 0.1) is 0 Å². The van der Waals surface area contributed by atoms with Crippen molar-refractivity contribution < 1.29 is 9.90 Å². The highest BCUT2D eigenvalue weighted by molar-refractivity contribution is 8.00. The zero-order valence-corrected chi connectivity index (χ0v) is 12.0. The molecule has 0 amide bonds. The highest BCUT2D eigenvalue weighted by Crippen LogP contribution is 2.27. The van der Waals surface area contributed by atoms with E-state index in [1.807, 2.05) is 0 Å². The topological polar surface area (TPSA) is 94.2 Å². The number of pyridine rings is 1. The average Bonchev–Trinajstić information content (AvgIpc) is 2.42. The number of aliphatic carboxylic acids is 1. The first-order valence-electron chi connectivity index (χ1n) is 5.78. The molecule has 2 aromatic heterocycles. The second-order valence-corrected chi connectivity index (χ2v) is 5.69. The Bertz CT molecular complexity index is 809. The number of carbonyl (C=O) groups is 1. The van der Waals surface area contributed by atoms with E-state index in [0.29, 0.717) is 4.90 Å². The predicted molar refractivity (Wildman–Crippen MR) is 75.2 cm³/mol. The lowest BCUT2D eigenvalue weighted by Crippen LogP contribution is -2.37. The Kier molecular flexibility index (Phi) is 3.67. The van der Waals surface area contributed by atoms with Crippen LogP contribution in [0.25, 0.3) is 11.0 Å². The summed E-state index contributed by atoms with van der Waals surface area (Å²) in [7, 11) is 2.90. The summed E-state index contributed by atoms with van der Waals surface area (Å²) in [6.07, 6.45) is 1.46. The molecule has 0 saturated heterocycles. The molecule has 1 N–H and O–H groups in total. The number of hydrogen-bond donors (Lipinski definition) is 1. The fourth-order valence-electron chi connectivity index (χ4n) is 1.80. The van der Waals surface area contributed by atoms with Gasteiger partial charge in [-0.25, -0.2) is 9.78 Å². The summed E-state index contributed by atoms with van der Waals surface area (Å²) in [5, 5.41) is 8.52. The van der Waals surface area contributed by atoms with Gasteiger partial charge >= 0.3 is 11.7 Å². The molecule has 1 atom stereocenters. The van der Waals surface area contributed by atoms with Crippen molar-refractivity contribution in [3.05, 3.63) is 33.1 Å². The van der Waals surface area contributed by atoms with Crippen LogP contribution < -0.4 is 11.2 Å². The van der Waals surface area contributed by atoms with E-state index in [4.69, 9.17) is 5.11 Å². The van der Waals surface area contributed by atoms with Crippen LogP contribution in [-0.2, 0) is 18.9 Å². The lowest BCUT2D eigenvalue weighted by atomic mass is 10.3. The first kappa shape index (κ1) is 14.3. The van der Waals surface area contributed by atoms with Crippen LogP contribution in [0.1, 0.15) is 6.92 Å². The van der Waals surface area contributed by atoms with Crippen molar-refractivity contribution in [2.45, 2.75) is 17.1 Å². The number of carboxylic acids is 1. The number of thioether (sulfide) groups is 1. The number of hydrogen-bond acceptors (Lipinski definition) is 5. The summed E-state index contributed by atoms with van der Waals surface area (Å²) in [5.74, 6) is -0.971. The van der Waals surface area contributed by atoms with Crippen molar-refractivity contribution in [1.82, 2.24) is 14.1 Å². The van der Waals surface area contributed by atoms with Crippen LogP contribution in [-0.4, -0.2) is 30.4 Å². The minimum absolute atomic E-state index is 0.251. The smallest absolute Gasteiger partial charge is 0.332 e. The van der Waals surface area contributed by atoms with Crippen molar-refractivity contribution in [1.29, 1.82) is 0 Å². The van der Waals surface area contributed by atoms with E-state index < -0.39 is 22.5 Å². The van der Waals surface area contributed by atoms with Gasteiger partial charge in [-0.1, -0.05) is 0 Å². The fourth-order valence-corrected chi connectivity index (χ4v) is 2.72. The number of aryl methyl sites for hydroxylation is 1. The molecular weight excluding hydrogens is 282 g/mol. The van der Waals surface area contributed by atoms with E-state index in [2.05, 4.69) is 4.98 Å². The van der Waals surface area contributed by atoms with Crippen LogP contribution >= 0.6 is 11.8 Å². The third kappa shape index (κ3) is 2.22. The third-order valence-electron chi connectivity index (χ3n) is 2.95. The minimum Gasteiger partial charge on any atom is -0.480 e. The molecule has 0 spiro atoms. The average molecular weight is 295 g/mol. The summed E-state index contributed by atoms with van der Waals surface area (Å²) in [4.78, 5) is 39.5. The Labute approximate surface area is 117 Å². The number of fused-ring (bicyclic) bond motifs is 1. The standard InChI is InChI=1S/C12H13N3O4S/c1-6(11(17)18)20-7-4-5-13-9-8(7)10(16)15(3)12(19)14(9)2/h4-6H,1-3H3,(H,17,18)/t6-/m1/s1. The molecule has 2 heterocycles. The third-order valence-corrected chi connectivity index (χ3v) is 4.10. The molecule has 7 nitrogen and oxygen atoms in total. The van der Waals surface area contributed by atoms with Crippen molar-refractivity contribution in [3.8, 4) is 0 Å². The fraction of sp³-hybridized carbons (Fsp3) is 0.333. The molecule has 0 aromatic carbocycles. The largest absolute Gasteiger partial charge is 0.480 e. The van der Waals surface area contributed by atoms with Gasteiger partial charge in [0.15, 0.2) is 0 Å². The van der Waals surface area contributed by atoms with Gasteiger partial charge in [-0.05, 0) is 13.0 Å². The van der Waals surface area contributed by atoms with Gasteiger partial charge in [-0.3, -0.25) is 18.7 Å². The Morgan fingerprint density at radius 2 is 2.00 bits per heavy atom. The zero-order valence-electron chi connectivity index (χ0n) is 11.2. The number of carboxylic acid groups (broad SMARTS) is 1. The second-order valence-electron chi connectivity index (χ2n) is 4.31. The highest BCUT2D eigenvalue weighted by Gasteiger charge is 2.18. The Morgan fingerprint density at radius 1 is 1.35 bits per heavy atom. The maximum atomic E-state index is 12.2. The molecule has 0 saturated carbocycles. The van der Waals surface area contributed by atoms with Gasteiger partial charge in [0.1, 0.15) is 10.9 Å². The molecule has 2 aromatic rings. The summed E-state index contributed by atoms with van der Waals surface area (Å²) in [6.45, 7) is 1.53. The first-order valence-corrected chi connectivity index (χ1v) is 6.66. The molecule has 0 aliphatic heterocycles. The molecule has 0 aliphatic rings. The SMILES string of the molecule is C[C@@H](Sc1ccnc2c1c(=O)n(C)c(=O)n2C)C(=O)O. The lowest BCUT2D eigenvalue weighted by molar-refractivity contribution is -0.136. The normalized spacial score (nSPS) is 12.6. The van der Waals surface area contributed by atoms with E-state index in [1.54, 1.807) is 6.07 Å². The minimum atomic E-state index is -0.971. The zero-order chi connectivity index (χ0) is 15.0. The molecule has 2 rings (SSSR count). The van der Waals surface area contributed by atoms with E-state index in [0.717, 1.165) is 16.3 Å². The summed E-state index contributed by atoms with van der Waals surface area (Å²) in [5.41, 5.74) is -0.694.